The molecule has 2 amide bonds. The smallest absolute Gasteiger partial charge is 0.251 e. The van der Waals surface area contributed by atoms with E-state index < -0.39 is 6.04 Å². The summed E-state index contributed by atoms with van der Waals surface area (Å²) in [5, 5.41) is 5.40. The van der Waals surface area contributed by atoms with E-state index in [1.807, 2.05) is 44.2 Å². The quantitative estimate of drug-likeness (QED) is 0.684. The fourth-order valence-corrected chi connectivity index (χ4v) is 2.69. The van der Waals surface area contributed by atoms with Gasteiger partial charge in [0.1, 0.15) is 6.04 Å². The lowest BCUT2D eigenvalue weighted by molar-refractivity contribution is -0.117. The van der Waals surface area contributed by atoms with Crippen LogP contribution >= 0.6 is 0 Å². The highest BCUT2D eigenvalue weighted by atomic mass is 16.2. The van der Waals surface area contributed by atoms with Gasteiger partial charge in [0, 0.05) is 5.56 Å². The van der Waals surface area contributed by atoms with E-state index in [0.29, 0.717) is 11.5 Å². The van der Waals surface area contributed by atoms with E-state index in [-0.39, 0.29) is 11.8 Å². The Balaban J connectivity index is 1.66. The fourth-order valence-electron chi connectivity index (χ4n) is 2.69. The molecule has 0 saturated carbocycles. The van der Waals surface area contributed by atoms with Gasteiger partial charge in [-0.3, -0.25) is 14.9 Å². The lowest BCUT2D eigenvalue weighted by atomic mass is 10.1. The van der Waals surface area contributed by atoms with Crippen LogP contribution in [-0.4, -0.2) is 27.8 Å². The maximum absolute atomic E-state index is 12.3. The largest absolute Gasteiger partial charge is 0.341 e. The van der Waals surface area contributed by atoms with Crippen LogP contribution in [-0.2, 0) is 4.79 Å². The first-order chi connectivity index (χ1) is 11.9. The minimum Gasteiger partial charge on any atom is -0.341 e. The van der Waals surface area contributed by atoms with Gasteiger partial charge in [0.25, 0.3) is 5.91 Å². The Labute approximate surface area is 145 Å². The van der Waals surface area contributed by atoms with Gasteiger partial charge in [0.05, 0.1) is 11.0 Å². The molecule has 3 aromatic rings. The summed E-state index contributed by atoms with van der Waals surface area (Å²) in [4.78, 5) is 32.0. The van der Waals surface area contributed by atoms with Crippen LogP contribution in [0.25, 0.3) is 11.0 Å². The third-order valence-electron chi connectivity index (χ3n) is 3.86. The number of carbonyl (C=O) groups is 2. The number of carbonyl (C=O) groups excluding carboxylic acids is 2. The summed E-state index contributed by atoms with van der Waals surface area (Å²) < 4.78 is 0. The Bertz CT molecular complexity index is 892. The van der Waals surface area contributed by atoms with Crippen molar-refractivity contribution in [2.24, 2.45) is 0 Å². The van der Waals surface area contributed by atoms with Crippen LogP contribution in [0.2, 0.25) is 0 Å². The van der Waals surface area contributed by atoms with E-state index in [4.69, 9.17) is 0 Å². The van der Waals surface area contributed by atoms with E-state index in [1.54, 1.807) is 19.1 Å². The molecule has 1 atom stereocenters. The molecule has 0 saturated heterocycles. The second-order valence-electron chi connectivity index (χ2n) is 6.16. The Morgan fingerprint density at radius 3 is 2.44 bits per heavy atom. The molecule has 0 spiro atoms. The lowest BCUT2D eigenvalue weighted by Gasteiger charge is -2.13. The number of anilines is 1. The molecule has 6 nitrogen and oxygen atoms in total. The van der Waals surface area contributed by atoms with Gasteiger partial charge in [0.2, 0.25) is 11.9 Å². The van der Waals surface area contributed by atoms with Crippen molar-refractivity contribution >= 4 is 28.8 Å². The molecule has 1 aromatic heterocycles. The van der Waals surface area contributed by atoms with Crippen LogP contribution in [0.5, 0.6) is 0 Å². The van der Waals surface area contributed by atoms with Gasteiger partial charge in [-0.05, 0) is 45.0 Å². The molecule has 1 unspecified atom stereocenters. The predicted molar refractivity (Wildman–Crippen MR) is 97.6 cm³/mol. The van der Waals surface area contributed by atoms with E-state index in [9.17, 15) is 9.59 Å². The molecule has 128 valence electrons. The zero-order chi connectivity index (χ0) is 18.0. The Kier molecular flexibility index (Phi) is 4.52. The zero-order valence-electron chi connectivity index (χ0n) is 14.4. The van der Waals surface area contributed by atoms with Gasteiger partial charge in [-0.15, -0.1) is 0 Å². The average Bonchev–Trinajstić information content (AvgIpc) is 2.95. The minimum absolute atomic E-state index is 0.279. The van der Waals surface area contributed by atoms with Crippen LogP contribution in [0.3, 0.4) is 0 Å². The molecule has 1 heterocycles. The van der Waals surface area contributed by atoms with E-state index in [2.05, 4.69) is 20.6 Å². The molecule has 2 aromatic carbocycles. The number of rotatable bonds is 4. The van der Waals surface area contributed by atoms with Crippen molar-refractivity contribution in [2.45, 2.75) is 26.8 Å². The summed E-state index contributed by atoms with van der Waals surface area (Å²) in [7, 11) is 0. The molecule has 6 heteroatoms. The predicted octanol–water partition coefficient (Wildman–Crippen LogP) is 2.94. The summed E-state index contributed by atoms with van der Waals surface area (Å²) >= 11 is 0. The highest BCUT2D eigenvalue weighted by Gasteiger charge is 2.18. The minimum atomic E-state index is -0.693. The number of nitrogens with zero attached hydrogens (tertiary/aromatic N) is 1. The van der Waals surface area contributed by atoms with Crippen molar-refractivity contribution < 1.29 is 9.59 Å². The highest BCUT2D eigenvalue weighted by molar-refractivity contribution is 6.01. The Morgan fingerprint density at radius 1 is 1.08 bits per heavy atom. The average molecular weight is 336 g/mol. The van der Waals surface area contributed by atoms with E-state index >= 15 is 0 Å². The number of aryl methyl sites for hydroxylation is 2. The lowest BCUT2D eigenvalue weighted by Crippen LogP contribution is -2.41. The summed E-state index contributed by atoms with van der Waals surface area (Å²) in [6.45, 7) is 5.50. The van der Waals surface area contributed by atoms with Gasteiger partial charge < -0.3 is 10.3 Å². The van der Waals surface area contributed by atoms with Crippen molar-refractivity contribution in [3.05, 3.63) is 59.2 Å². The number of para-hydroxylation sites is 2. The number of amides is 2. The van der Waals surface area contributed by atoms with Gasteiger partial charge in [-0.1, -0.05) is 29.3 Å². The monoisotopic (exact) mass is 336 g/mol. The normalized spacial score (nSPS) is 12.0. The number of imidazole rings is 1. The molecular weight excluding hydrogens is 316 g/mol. The molecule has 0 aliphatic heterocycles. The maximum atomic E-state index is 12.3. The standard InChI is InChI=1S/C19H20N4O2/c1-11-8-12(2)10-14(9-11)18(25)20-13(3)17(24)23-19-21-15-6-4-5-7-16(15)22-19/h4-10,13H,1-3H3,(H,20,25)(H2,21,22,23,24). The molecule has 0 bridgehead atoms. The summed E-state index contributed by atoms with van der Waals surface area (Å²) in [6.07, 6.45) is 0. The maximum Gasteiger partial charge on any atom is 0.251 e. The number of hydrogen-bond donors (Lipinski definition) is 3. The van der Waals surface area contributed by atoms with Crippen LogP contribution in [0, 0.1) is 13.8 Å². The first-order valence-electron chi connectivity index (χ1n) is 8.07. The van der Waals surface area contributed by atoms with Gasteiger partial charge in [-0.2, -0.15) is 0 Å². The number of nitrogens with one attached hydrogen (secondary N) is 3. The SMILES string of the molecule is Cc1cc(C)cc(C(=O)NC(C)C(=O)Nc2nc3ccccc3[nH]2)c1. The number of H-pyrrole nitrogens is 1. The molecule has 0 aliphatic carbocycles. The molecule has 0 aliphatic rings. The van der Waals surface area contributed by atoms with Gasteiger partial charge in [-0.25, -0.2) is 4.98 Å². The summed E-state index contributed by atoms with van der Waals surface area (Å²) in [6, 6.07) is 12.4. The second kappa shape index (κ2) is 6.76. The van der Waals surface area contributed by atoms with Crippen LogP contribution in [0.15, 0.2) is 42.5 Å². The molecule has 25 heavy (non-hydrogen) atoms. The Morgan fingerprint density at radius 2 is 1.76 bits per heavy atom. The molecule has 3 rings (SSSR count). The molecule has 0 radical (unpaired) electrons. The zero-order valence-corrected chi connectivity index (χ0v) is 14.4. The molecular formula is C19H20N4O2. The van der Waals surface area contributed by atoms with Crippen molar-refractivity contribution in [1.82, 2.24) is 15.3 Å². The summed E-state index contributed by atoms with van der Waals surface area (Å²) in [5.41, 5.74) is 4.16. The number of aromatic amines is 1. The van der Waals surface area contributed by atoms with E-state index in [0.717, 1.165) is 22.2 Å². The van der Waals surface area contributed by atoms with Crippen LogP contribution in [0.1, 0.15) is 28.4 Å². The number of fused-ring (bicyclic) bond motifs is 1. The van der Waals surface area contributed by atoms with Crippen molar-refractivity contribution in [1.29, 1.82) is 0 Å². The van der Waals surface area contributed by atoms with Crippen molar-refractivity contribution in [3.8, 4) is 0 Å². The third kappa shape index (κ3) is 3.85. The first-order valence-corrected chi connectivity index (χ1v) is 8.07. The first kappa shape index (κ1) is 16.7. The van der Waals surface area contributed by atoms with Crippen molar-refractivity contribution in [2.75, 3.05) is 5.32 Å². The number of aromatic nitrogens is 2. The van der Waals surface area contributed by atoms with Crippen molar-refractivity contribution in [3.63, 3.8) is 0 Å². The van der Waals surface area contributed by atoms with Gasteiger partial charge >= 0.3 is 0 Å². The topological polar surface area (TPSA) is 86.9 Å². The second-order valence-corrected chi connectivity index (χ2v) is 6.16. The summed E-state index contributed by atoms with van der Waals surface area (Å²) in [5.74, 6) is -0.255. The Hall–Kier alpha value is -3.15. The number of benzene rings is 2. The highest BCUT2D eigenvalue weighted by Crippen LogP contribution is 2.13. The number of hydrogen-bond acceptors (Lipinski definition) is 3. The van der Waals surface area contributed by atoms with Crippen LogP contribution < -0.4 is 10.6 Å². The molecule has 3 N–H and O–H groups in total. The molecule has 0 fully saturated rings. The third-order valence-corrected chi connectivity index (χ3v) is 3.86. The van der Waals surface area contributed by atoms with Crippen LogP contribution in [0.4, 0.5) is 5.95 Å². The van der Waals surface area contributed by atoms with Gasteiger partial charge in [0.15, 0.2) is 0 Å². The van der Waals surface area contributed by atoms with E-state index in [1.165, 1.54) is 0 Å². The fraction of sp³-hybridized carbons (Fsp3) is 0.211.